The Morgan fingerprint density at radius 2 is 1.73 bits per heavy atom. The number of carbonyl (C=O) groups is 1. The van der Waals surface area contributed by atoms with E-state index in [9.17, 15) is 4.79 Å². The molecule has 6 nitrogen and oxygen atoms in total. The van der Waals surface area contributed by atoms with E-state index >= 15 is 0 Å². The Labute approximate surface area is 172 Å². The Kier molecular flexibility index (Phi) is 4.50. The molecule has 0 spiro atoms. The van der Waals surface area contributed by atoms with Gasteiger partial charge in [0.1, 0.15) is 0 Å². The first-order chi connectivity index (χ1) is 14.8. The van der Waals surface area contributed by atoms with Crippen molar-refractivity contribution < 1.29 is 4.79 Å². The number of para-hydroxylation sites is 2. The largest absolute Gasteiger partial charge is 0.361 e. The molecule has 0 radical (unpaired) electrons. The SMILES string of the molecule is O=C(N/N=C/c1c[nH]c2ccccc12)c1cc(-c2ccncc2)nc2ccccc12. The highest BCUT2D eigenvalue weighted by molar-refractivity contribution is 6.07. The molecular formula is C24H17N5O. The summed E-state index contributed by atoms with van der Waals surface area (Å²) >= 11 is 0. The maximum Gasteiger partial charge on any atom is 0.272 e. The minimum absolute atomic E-state index is 0.292. The molecule has 0 aliphatic carbocycles. The van der Waals surface area contributed by atoms with Crippen LogP contribution in [0.3, 0.4) is 0 Å². The number of H-pyrrole nitrogens is 1. The molecule has 5 aromatic rings. The van der Waals surface area contributed by atoms with E-state index in [1.807, 2.05) is 66.9 Å². The summed E-state index contributed by atoms with van der Waals surface area (Å²) in [5, 5.41) is 5.99. The Morgan fingerprint density at radius 3 is 2.60 bits per heavy atom. The minimum Gasteiger partial charge on any atom is -0.361 e. The van der Waals surface area contributed by atoms with Crippen molar-refractivity contribution in [3.05, 3.63) is 96.4 Å². The van der Waals surface area contributed by atoms with Gasteiger partial charge in [0.25, 0.3) is 5.91 Å². The number of hydrazone groups is 1. The number of rotatable bonds is 4. The van der Waals surface area contributed by atoms with Crippen LogP contribution in [-0.4, -0.2) is 27.1 Å². The molecule has 0 saturated carbocycles. The Balaban J connectivity index is 1.48. The van der Waals surface area contributed by atoms with E-state index in [-0.39, 0.29) is 5.91 Å². The molecule has 3 heterocycles. The quantitative estimate of drug-likeness (QED) is 0.348. The second-order valence-corrected chi connectivity index (χ2v) is 6.80. The Bertz CT molecular complexity index is 1390. The van der Waals surface area contributed by atoms with Gasteiger partial charge in [0.15, 0.2) is 0 Å². The Hall–Kier alpha value is -4.32. The highest BCUT2D eigenvalue weighted by Crippen LogP contribution is 2.24. The van der Waals surface area contributed by atoms with Crippen molar-refractivity contribution in [2.75, 3.05) is 0 Å². The first kappa shape index (κ1) is 17.8. The first-order valence-electron chi connectivity index (χ1n) is 9.49. The van der Waals surface area contributed by atoms with Crippen LogP contribution in [0.1, 0.15) is 15.9 Å². The summed E-state index contributed by atoms with van der Waals surface area (Å²) in [5.74, 6) is -0.292. The number of hydrogen-bond acceptors (Lipinski definition) is 4. The van der Waals surface area contributed by atoms with Crippen LogP contribution in [0.15, 0.2) is 90.4 Å². The van der Waals surface area contributed by atoms with E-state index in [1.165, 1.54) is 0 Å². The van der Waals surface area contributed by atoms with E-state index < -0.39 is 0 Å². The predicted octanol–water partition coefficient (Wildman–Crippen LogP) is 4.54. The van der Waals surface area contributed by atoms with Crippen LogP contribution in [0.4, 0.5) is 0 Å². The fraction of sp³-hybridized carbons (Fsp3) is 0. The van der Waals surface area contributed by atoms with Gasteiger partial charge in [-0.3, -0.25) is 9.78 Å². The van der Waals surface area contributed by atoms with E-state index in [1.54, 1.807) is 24.7 Å². The summed E-state index contributed by atoms with van der Waals surface area (Å²) in [6, 6.07) is 21.0. The van der Waals surface area contributed by atoms with Crippen LogP contribution in [-0.2, 0) is 0 Å². The lowest BCUT2D eigenvalue weighted by Crippen LogP contribution is -2.18. The van der Waals surface area contributed by atoms with Crippen LogP contribution in [0, 0.1) is 0 Å². The molecule has 0 fully saturated rings. The van der Waals surface area contributed by atoms with Crippen molar-refractivity contribution in [3.8, 4) is 11.3 Å². The highest BCUT2D eigenvalue weighted by Gasteiger charge is 2.13. The summed E-state index contributed by atoms with van der Waals surface area (Å²) in [6.07, 6.45) is 6.92. The van der Waals surface area contributed by atoms with Gasteiger partial charge in [-0.1, -0.05) is 36.4 Å². The van der Waals surface area contributed by atoms with Crippen molar-refractivity contribution in [1.82, 2.24) is 20.4 Å². The highest BCUT2D eigenvalue weighted by atomic mass is 16.2. The molecule has 30 heavy (non-hydrogen) atoms. The fourth-order valence-electron chi connectivity index (χ4n) is 3.46. The number of aromatic amines is 1. The molecule has 3 aromatic heterocycles. The van der Waals surface area contributed by atoms with Gasteiger partial charge in [0, 0.05) is 46.0 Å². The molecule has 6 heteroatoms. The summed E-state index contributed by atoms with van der Waals surface area (Å²) in [6.45, 7) is 0. The number of amides is 1. The molecule has 0 aliphatic heterocycles. The molecule has 0 bridgehead atoms. The number of nitrogens with zero attached hydrogens (tertiary/aromatic N) is 3. The van der Waals surface area contributed by atoms with E-state index in [2.05, 4.69) is 20.5 Å². The van der Waals surface area contributed by atoms with Crippen LogP contribution in [0.25, 0.3) is 33.1 Å². The number of aromatic nitrogens is 3. The minimum atomic E-state index is -0.292. The molecule has 0 aliphatic rings. The van der Waals surface area contributed by atoms with Crippen molar-refractivity contribution in [2.45, 2.75) is 0 Å². The number of fused-ring (bicyclic) bond motifs is 2. The summed E-state index contributed by atoms with van der Waals surface area (Å²) in [4.78, 5) is 24.9. The topological polar surface area (TPSA) is 83.0 Å². The van der Waals surface area contributed by atoms with Crippen LogP contribution < -0.4 is 5.43 Å². The van der Waals surface area contributed by atoms with Crippen molar-refractivity contribution in [2.24, 2.45) is 5.10 Å². The zero-order valence-corrected chi connectivity index (χ0v) is 15.9. The number of nitrogens with one attached hydrogen (secondary N) is 2. The molecule has 0 unspecified atom stereocenters. The van der Waals surface area contributed by atoms with Gasteiger partial charge in [-0.2, -0.15) is 5.10 Å². The lowest BCUT2D eigenvalue weighted by Gasteiger charge is -2.08. The monoisotopic (exact) mass is 391 g/mol. The molecule has 1 amide bonds. The first-order valence-corrected chi connectivity index (χ1v) is 9.49. The normalized spacial score (nSPS) is 11.3. The summed E-state index contributed by atoms with van der Waals surface area (Å²) < 4.78 is 0. The lowest BCUT2D eigenvalue weighted by atomic mass is 10.0. The Morgan fingerprint density at radius 1 is 0.967 bits per heavy atom. The lowest BCUT2D eigenvalue weighted by molar-refractivity contribution is 0.0956. The average Bonchev–Trinajstić information content (AvgIpc) is 3.22. The molecule has 5 rings (SSSR count). The van der Waals surface area contributed by atoms with E-state index in [4.69, 9.17) is 4.98 Å². The van der Waals surface area contributed by atoms with Crippen molar-refractivity contribution in [1.29, 1.82) is 0 Å². The smallest absolute Gasteiger partial charge is 0.272 e. The third-order valence-corrected chi connectivity index (χ3v) is 4.93. The van der Waals surface area contributed by atoms with Gasteiger partial charge in [0.2, 0.25) is 0 Å². The molecule has 2 aromatic carbocycles. The van der Waals surface area contributed by atoms with Gasteiger partial charge in [-0.05, 0) is 30.3 Å². The van der Waals surface area contributed by atoms with Gasteiger partial charge >= 0.3 is 0 Å². The third kappa shape index (κ3) is 3.31. The van der Waals surface area contributed by atoms with Crippen LogP contribution in [0.5, 0.6) is 0 Å². The molecule has 2 N–H and O–H groups in total. The van der Waals surface area contributed by atoms with Gasteiger partial charge in [-0.25, -0.2) is 10.4 Å². The molecule has 0 saturated heterocycles. The zero-order valence-electron chi connectivity index (χ0n) is 15.9. The van der Waals surface area contributed by atoms with E-state index in [0.29, 0.717) is 11.3 Å². The van der Waals surface area contributed by atoms with E-state index in [0.717, 1.165) is 32.9 Å². The predicted molar refractivity (Wildman–Crippen MR) is 118 cm³/mol. The number of hydrogen-bond donors (Lipinski definition) is 2. The summed E-state index contributed by atoms with van der Waals surface area (Å²) in [5.41, 5.74) is 7.45. The van der Waals surface area contributed by atoms with Crippen LogP contribution in [0.2, 0.25) is 0 Å². The maximum absolute atomic E-state index is 13.0. The van der Waals surface area contributed by atoms with Gasteiger partial charge in [-0.15, -0.1) is 0 Å². The maximum atomic E-state index is 13.0. The average molecular weight is 391 g/mol. The number of pyridine rings is 2. The fourth-order valence-corrected chi connectivity index (χ4v) is 3.46. The molecule has 0 atom stereocenters. The summed E-state index contributed by atoms with van der Waals surface area (Å²) in [7, 11) is 0. The molecular weight excluding hydrogens is 374 g/mol. The van der Waals surface area contributed by atoms with Crippen LogP contribution >= 0.6 is 0 Å². The zero-order chi connectivity index (χ0) is 20.3. The van der Waals surface area contributed by atoms with Crippen molar-refractivity contribution in [3.63, 3.8) is 0 Å². The van der Waals surface area contributed by atoms with Gasteiger partial charge in [0.05, 0.1) is 23.0 Å². The van der Waals surface area contributed by atoms with Gasteiger partial charge < -0.3 is 4.98 Å². The molecule has 144 valence electrons. The third-order valence-electron chi connectivity index (χ3n) is 4.93. The van der Waals surface area contributed by atoms with Crippen molar-refractivity contribution >= 4 is 33.9 Å². The number of carbonyl (C=O) groups excluding carboxylic acids is 1. The standard InChI is InChI=1S/C24H17N5O/c30-24(29-27-15-17-14-26-21-7-3-1-5-18(17)21)20-13-23(16-9-11-25-12-10-16)28-22-8-4-2-6-19(20)22/h1-15,26H,(H,29,30)/b27-15+. The number of benzene rings is 2. The second kappa shape index (κ2) is 7.60. The second-order valence-electron chi connectivity index (χ2n) is 6.80.